The summed E-state index contributed by atoms with van der Waals surface area (Å²) in [5.74, 6) is -0.359. The second-order valence-electron chi connectivity index (χ2n) is 4.53. The Kier molecular flexibility index (Phi) is 6.16. The molecular formula is C14H15Cl2N3O2S. The third kappa shape index (κ3) is 4.18. The van der Waals surface area contributed by atoms with Crippen molar-refractivity contribution < 1.29 is 9.90 Å². The minimum atomic E-state index is -0.993. The maximum atomic E-state index is 12.0. The largest absolute Gasteiger partial charge is 0.386 e. The van der Waals surface area contributed by atoms with Gasteiger partial charge in [-0.3, -0.25) is 4.79 Å². The number of amides is 1. The Morgan fingerprint density at radius 3 is 2.73 bits per heavy atom. The van der Waals surface area contributed by atoms with Gasteiger partial charge in [0.1, 0.15) is 5.69 Å². The smallest absolute Gasteiger partial charge is 0.270 e. The highest BCUT2D eigenvalue weighted by atomic mass is 35.5. The second kappa shape index (κ2) is 7.89. The summed E-state index contributed by atoms with van der Waals surface area (Å²) in [5.41, 5.74) is 6.15. The number of aliphatic hydroxyl groups is 1. The van der Waals surface area contributed by atoms with Gasteiger partial charge in [0.2, 0.25) is 0 Å². The second-order valence-corrected chi connectivity index (χ2v) is 6.28. The molecule has 0 spiro atoms. The van der Waals surface area contributed by atoms with Gasteiger partial charge < -0.3 is 16.2 Å². The number of thiazole rings is 1. The van der Waals surface area contributed by atoms with Gasteiger partial charge in [0.25, 0.3) is 5.91 Å². The Balaban J connectivity index is 1.98. The van der Waals surface area contributed by atoms with Crippen LogP contribution in [0.4, 0.5) is 0 Å². The molecule has 2 rings (SSSR count). The molecule has 1 aromatic heterocycles. The predicted molar refractivity (Wildman–Crippen MR) is 88.6 cm³/mol. The van der Waals surface area contributed by atoms with Crippen LogP contribution in [0.2, 0.25) is 10.0 Å². The average molecular weight is 360 g/mol. The van der Waals surface area contributed by atoms with Gasteiger partial charge in [0.15, 0.2) is 0 Å². The Labute approximate surface area is 142 Å². The van der Waals surface area contributed by atoms with Crippen molar-refractivity contribution in [1.82, 2.24) is 10.3 Å². The molecule has 4 N–H and O–H groups in total. The summed E-state index contributed by atoms with van der Waals surface area (Å²) in [4.78, 5) is 16.2. The molecule has 22 heavy (non-hydrogen) atoms. The third-order valence-electron chi connectivity index (χ3n) is 2.93. The van der Waals surface area contributed by atoms with Gasteiger partial charge in [-0.15, -0.1) is 11.3 Å². The number of rotatable bonds is 6. The lowest BCUT2D eigenvalue weighted by Crippen LogP contribution is -2.28. The molecule has 0 aliphatic heterocycles. The first-order valence-corrected chi connectivity index (χ1v) is 8.21. The summed E-state index contributed by atoms with van der Waals surface area (Å²) in [6.45, 7) is 0.477. The van der Waals surface area contributed by atoms with Crippen LogP contribution < -0.4 is 11.1 Å². The fraction of sp³-hybridized carbons (Fsp3) is 0.286. The standard InChI is InChI=1S/C14H15Cl2N3O2S/c15-8-2-1-3-9(16)13(8)11(20)6-18-14(21)10-7-22-12(19-10)4-5-17/h1-3,7,11,20H,4-6,17H2,(H,18,21). The first-order chi connectivity index (χ1) is 10.5. The summed E-state index contributed by atoms with van der Waals surface area (Å²) >= 11 is 13.4. The summed E-state index contributed by atoms with van der Waals surface area (Å²) < 4.78 is 0. The zero-order valence-corrected chi connectivity index (χ0v) is 13.9. The molecule has 1 unspecified atom stereocenters. The SMILES string of the molecule is NCCc1nc(C(=O)NCC(O)c2c(Cl)cccc2Cl)cs1. The van der Waals surface area contributed by atoms with E-state index in [-0.39, 0.29) is 12.5 Å². The third-order valence-corrected chi connectivity index (χ3v) is 4.50. The molecule has 1 atom stereocenters. The van der Waals surface area contributed by atoms with Crippen LogP contribution in [-0.4, -0.2) is 29.1 Å². The molecule has 0 aliphatic rings. The minimum absolute atomic E-state index is 0.00790. The molecule has 5 nitrogen and oxygen atoms in total. The van der Waals surface area contributed by atoms with Crippen LogP contribution in [0.25, 0.3) is 0 Å². The lowest BCUT2D eigenvalue weighted by molar-refractivity contribution is 0.0912. The van der Waals surface area contributed by atoms with Crippen molar-refractivity contribution >= 4 is 40.4 Å². The van der Waals surface area contributed by atoms with E-state index in [1.807, 2.05) is 0 Å². The monoisotopic (exact) mass is 359 g/mol. The van der Waals surface area contributed by atoms with Crippen LogP contribution in [0.5, 0.6) is 0 Å². The minimum Gasteiger partial charge on any atom is -0.386 e. The zero-order valence-electron chi connectivity index (χ0n) is 11.6. The number of carbonyl (C=O) groups excluding carboxylic acids is 1. The van der Waals surface area contributed by atoms with Gasteiger partial charge in [0.05, 0.1) is 11.1 Å². The van der Waals surface area contributed by atoms with Crippen molar-refractivity contribution in [3.05, 3.63) is 49.9 Å². The van der Waals surface area contributed by atoms with Crippen LogP contribution in [0.3, 0.4) is 0 Å². The average Bonchev–Trinajstić information content (AvgIpc) is 2.93. The maximum absolute atomic E-state index is 12.0. The van der Waals surface area contributed by atoms with Crippen molar-refractivity contribution in [1.29, 1.82) is 0 Å². The fourth-order valence-corrected chi connectivity index (χ4v) is 3.31. The Hall–Kier alpha value is -1.18. The summed E-state index contributed by atoms with van der Waals surface area (Å²) in [5, 5.41) is 15.9. The van der Waals surface area contributed by atoms with Crippen LogP contribution >= 0.6 is 34.5 Å². The number of aromatic nitrogens is 1. The number of hydrogen-bond donors (Lipinski definition) is 3. The number of nitrogens with two attached hydrogens (primary N) is 1. The van der Waals surface area contributed by atoms with Crippen molar-refractivity contribution in [2.45, 2.75) is 12.5 Å². The van der Waals surface area contributed by atoms with Crippen LogP contribution in [-0.2, 0) is 6.42 Å². The molecule has 1 aromatic carbocycles. The Bertz CT molecular complexity index is 643. The van der Waals surface area contributed by atoms with Crippen LogP contribution in [0.15, 0.2) is 23.6 Å². The normalized spacial score (nSPS) is 12.2. The van der Waals surface area contributed by atoms with E-state index in [0.29, 0.717) is 34.3 Å². The molecule has 0 fully saturated rings. The Morgan fingerprint density at radius 2 is 2.09 bits per heavy atom. The molecule has 0 aliphatic carbocycles. The number of halogens is 2. The molecule has 0 saturated heterocycles. The molecule has 0 bridgehead atoms. The first kappa shape index (κ1) is 17.2. The van der Waals surface area contributed by atoms with E-state index in [9.17, 15) is 9.90 Å². The van der Waals surface area contributed by atoms with Crippen molar-refractivity contribution in [3.8, 4) is 0 Å². The van der Waals surface area contributed by atoms with Crippen LogP contribution in [0.1, 0.15) is 27.2 Å². The van der Waals surface area contributed by atoms with E-state index in [1.165, 1.54) is 11.3 Å². The van der Waals surface area contributed by atoms with E-state index < -0.39 is 6.10 Å². The Morgan fingerprint density at radius 1 is 1.41 bits per heavy atom. The number of carbonyl (C=O) groups is 1. The number of nitrogens with zero attached hydrogens (tertiary/aromatic N) is 1. The zero-order chi connectivity index (χ0) is 16.1. The van der Waals surface area contributed by atoms with Gasteiger partial charge in [-0.05, 0) is 18.7 Å². The lowest BCUT2D eigenvalue weighted by Gasteiger charge is -2.14. The molecule has 1 heterocycles. The van der Waals surface area contributed by atoms with E-state index in [2.05, 4.69) is 10.3 Å². The molecule has 8 heteroatoms. The number of benzene rings is 1. The molecule has 0 saturated carbocycles. The van der Waals surface area contributed by atoms with Gasteiger partial charge >= 0.3 is 0 Å². The first-order valence-electron chi connectivity index (χ1n) is 6.57. The summed E-state index contributed by atoms with van der Waals surface area (Å²) in [7, 11) is 0. The molecule has 1 amide bonds. The highest BCUT2D eigenvalue weighted by molar-refractivity contribution is 7.09. The molecule has 0 radical (unpaired) electrons. The quantitative estimate of drug-likeness (QED) is 0.738. The van der Waals surface area contributed by atoms with E-state index in [0.717, 1.165) is 5.01 Å². The van der Waals surface area contributed by atoms with Crippen molar-refractivity contribution in [2.75, 3.05) is 13.1 Å². The summed E-state index contributed by atoms with van der Waals surface area (Å²) in [6, 6.07) is 4.95. The van der Waals surface area contributed by atoms with Gasteiger partial charge in [0, 0.05) is 34.0 Å². The van der Waals surface area contributed by atoms with E-state index in [4.69, 9.17) is 28.9 Å². The number of aliphatic hydroxyl groups excluding tert-OH is 1. The summed E-state index contributed by atoms with van der Waals surface area (Å²) in [6.07, 6.45) is -0.359. The molecule has 2 aromatic rings. The highest BCUT2D eigenvalue weighted by Crippen LogP contribution is 2.29. The van der Waals surface area contributed by atoms with E-state index in [1.54, 1.807) is 23.6 Å². The lowest BCUT2D eigenvalue weighted by atomic mass is 10.1. The van der Waals surface area contributed by atoms with Crippen molar-refractivity contribution in [2.24, 2.45) is 5.73 Å². The molecule has 118 valence electrons. The topological polar surface area (TPSA) is 88.2 Å². The van der Waals surface area contributed by atoms with Crippen molar-refractivity contribution in [3.63, 3.8) is 0 Å². The fourth-order valence-electron chi connectivity index (χ4n) is 1.86. The van der Waals surface area contributed by atoms with Crippen LogP contribution in [0, 0.1) is 0 Å². The number of nitrogens with one attached hydrogen (secondary N) is 1. The van der Waals surface area contributed by atoms with E-state index >= 15 is 0 Å². The molecular weight excluding hydrogens is 345 g/mol. The maximum Gasteiger partial charge on any atom is 0.270 e. The van der Waals surface area contributed by atoms with Gasteiger partial charge in [-0.2, -0.15) is 0 Å². The highest BCUT2D eigenvalue weighted by Gasteiger charge is 2.17. The predicted octanol–water partition coefficient (Wildman–Crippen LogP) is 2.41. The number of hydrogen-bond acceptors (Lipinski definition) is 5. The van der Waals surface area contributed by atoms with Gasteiger partial charge in [-0.25, -0.2) is 4.98 Å². The van der Waals surface area contributed by atoms with Gasteiger partial charge in [-0.1, -0.05) is 29.3 Å².